The number of nitrogens with zero attached hydrogens (tertiary/aromatic N) is 3. The lowest BCUT2D eigenvalue weighted by atomic mass is 9.88. The van der Waals surface area contributed by atoms with Crippen LogP contribution in [0.25, 0.3) is 10.9 Å². The van der Waals surface area contributed by atoms with Crippen molar-refractivity contribution < 1.29 is 13.9 Å². The van der Waals surface area contributed by atoms with Gasteiger partial charge in [0.15, 0.2) is 12.4 Å². The Morgan fingerprint density at radius 2 is 1.93 bits per heavy atom. The van der Waals surface area contributed by atoms with Gasteiger partial charge in [0.2, 0.25) is 0 Å². The summed E-state index contributed by atoms with van der Waals surface area (Å²) in [6.45, 7) is -0.376. The van der Waals surface area contributed by atoms with Crippen LogP contribution in [0.5, 0.6) is 5.75 Å². The minimum atomic E-state index is -0.543. The third-order valence-corrected chi connectivity index (χ3v) is 8.01. The van der Waals surface area contributed by atoms with Gasteiger partial charge in [0, 0.05) is 10.4 Å². The van der Waals surface area contributed by atoms with Gasteiger partial charge in [-0.05, 0) is 76.8 Å². The molecule has 0 aliphatic heterocycles. The lowest BCUT2D eigenvalue weighted by Crippen LogP contribution is -2.25. The van der Waals surface area contributed by atoms with E-state index in [1.807, 2.05) is 12.1 Å². The molecule has 0 radical (unpaired) electrons. The molecule has 0 atom stereocenters. The first-order valence-corrected chi connectivity index (χ1v) is 14.7. The molecule has 1 aliphatic carbocycles. The Hall–Kier alpha value is -3.08. The predicted molar refractivity (Wildman–Crippen MR) is 162 cm³/mol. The number of aromatic nitrogens is 2. The molecule has 1 aromatic heterocycles. The topological polar surface area (TPSA) is 85.6 Å². The van der Waals surface area contributed by atoms with Gasteiger partial charge < -0.3 is 10.1 Å². The Kier molecular flexibility index (Phi) is 8.97. The zero-order valence-corrected chi connectivity index (χ0v) is 25.1. The van der Waals surface area contributed by atoms with E-state index in [0.717, 1.165) is 30.2 Å². The monoisotopic (exact) mass is 688 g/mol. The fraction of sp³-hybridized carbons (Fsp3) is 0.241. The Bertz CT molecular complexity index is 1650. The van der Waals surface area contributed by atoms with Crippen molar-refractivity contribution in [2.24, 2.45) is 5.10 Å². The third kappa shape index (κ3) is 6.45. The standard InChI is InChI=1S/C29H24Br2ClFN4O3/c30-19-10-11-24-20(14-19)29(39)37(28(36-24)18-6-2-1-3-7-18)34-15-17-12-21(31)27(22(32)13-17)40-16-26(38)35-25-9-5-4-8-23(25)33/h4-5,8-15,18H,1-3,6-7,16H2,(H,35,38). The van der Waals surface area contributed by atoms with Crippen molar-refractivity contribution in [3.63, 3.8) is 0 Å². The molecule has 3 aromatic carbocycles. The Labute approximate surface area is 251 Å². The third-order valence-electron chi connectivity index (χ3n) is 6.64. The van der Waals surface area contributed by atoms with E-state index in [9.17, 15) is 14.0 Å². The highest BCUT2D eigenvalue weighted by atomic mass is 79.9. The van der Waals surface area contributed by atoms with Crippen LogP contribution in [0, 0.1) is 5.82 Å². The number of nitrogens with one attached hydrogen (secondary N) is 1. The SMILES string of the molecule is O=C(COc1c(Cl)cc(C=Nn2c(C3CCCCC3)nc3ccc(Br)cc3c2=O)cc1Br)Nc1ccccc1F. The van der Waals surface area contributed by atoms with Crippen molar-refractivity contribution in [3.8, 4) is 5.75 Å². The first-order chi connectivity index (χ1) is 19.3. The van der Waals surface area contributed by atoms with Gasteiger partial charge in [-0.3, -0.25) is 9.59 Å². The summed E-state index contributed by atoms with van der Waals surface area (Å²) in [4.78, 5) is 30.6. The minimum absolute atomic E-state index is 0.0613. The molecule has 1 saturated carbocycles. The first-order valence-electron chi connectivity index (χ1n) is 12.7. The molecule has 1 N–H and O–H groups in total. The smallest absolute Gasteiger partial charge is 0.282 e. The molecule has 1 heterocycles. The largest absolute Gasteiger partial charge is 0.481 e. The van der Waals surface area contributed by atoms with Gasteiger partial charge in [0.25, 0.3) is 11.5 Å². The summed E-state index contributed by atoms with van der Waals surface area (Å²) in [5, 5.41) is 7.72. The van der Waals surface area contributed by atoms with Gasteiger partial charge in [0.1, 0.15) is 11.6 Å². The van der Waals surface area contributed by atoms with E-state index in [0.29, 0.717) is 26.8 Å². The van der Waals surface area contributed by atoms with E-state index in [1.54, 1.807) is 30.5 Å². The van der Waals surface area contributed by atoms with E-state index in [2.05, 4.69) is 42.3 Å². The summed E-state index contributed by atoms with van der Waals surface area (Å²) < 4.78 is 22.1. The Balaban J connectivity index is 1.39. The van der Waals surface area contributed by atoms with Gasteiger partial charge in [-0.1, -0.05) is 58.9 Å². The molecular weight excluding hydrogens is 667 g/mol. The summed E-state index contributed by atoms with van der Waals surface area (Å²) >= 11 is 13.3. The number of para-hydroxylation sites is 1. The van der Waals surface area contributed by atoms with Crippen LogP contribution in [0.4, 0.5) is 10.1 Å². The zero-order valence-electron chi connectivity index (χ0n) is 21.2. The summed E-state index contributed by atoms with van der Waals surface area (Å²) in [6, 6.07) is 14.7. The van der Waals surface area contributed by atoms with Crippen molar-refractivity contribution in [2.75, 3.05) is 11.9 Å². The van der Waals surface area contributed by atoms with Gasteiger partial charge >= 0.3 is 0 Å². The van der Waals surface area contributed by atoms with Crippen LogP contribution in [0.3, 0.4) is 0 Å². The lowest BCUT2D eigenvalue weighted by Gasteiger charge is -2.22. The number of halogens is 4. The second-order valence-electron chi connectivity index (χ2n) is 9.46. The van der Waals surface area contributed by atoms with Crippen LogP contribution in [-0.2, 0) is 4.79 Å². The van der Waals surface area contributed by atoms with Gasteiger partial charge in [-0.25, -0.2) is 9.37 Å². The van der Waals surface area contributed by atoms with Crippen molar-refractivity contribution in [2.45, 2.75) is 38.0 Å². The summed E-state index contributed by atoms with van der Waals surface area (Å²) in [5.41, 5.74) is 1.07. The highest BCUT2D eigenvalue weighted by Gasteiger charge is 2.22. The maximum absolute atomic E-state index is 13.8. The van der Waals surface area contributed by atoms with Crippen molar-refractivity contribution in [3.05, 3.63) is 96.1 Å². The Morgan fingerprint density at radius 3 is 2.67 bits per heavy atom. The molecule has 1 fully saturated rings. The highest BCUT2D eigenvalue weighted by Crippen LogP contribution is 2.35. The van der Waals surface area contributed by atoms with Crippen molar-refractivity contribution >= 4 is 72.2 Å². The summed E-state index contributed by atoms with van der Waals surface area (Å²) in [5.74, 6) is -0.0303. The second kappa shape index (κ2) is 12.6. The summed E-state index contributed by atoms with van der Waals surface area (Å²) in [7, 11) is 0. The number of anilines is 1. The molecule has 7 nitrogen and oxygen atoms in total. The van der Waals surface area contributed by atoms with Gasteiger partial charge in [-0.15, -0.1) is 0 Å². The van der Waals surface area contributed by atoms with E-state index in [1.165, 1.54) is 29.3 Å². The average Bonchev–Trinajstić information content (AvgIpc) is 2.94. The number of hydrogen-bond donors (Lipinski definition) is 1. The van der Waals surface area contributed by atoms with Crippen LogP contribution in [-0.4, -0.2) is 28.4 Å². The number of carbonyl (C=O) groups is 1. The average molecular weight is 691 g/mol. The lowest BCUT2D eigenvalue weighted by molar-refractivity contribution is -0.118. The second-order valence-corrected chi connectivity index (χ2v) is 11.6. The van der Waals surface area contributed by atoms with Crippen LogP contribution >= 0.6 is 43.5 Å². The minimum Gasteiger partial charge on any atom is -0.481 e. The Morgan fingerprint density at radius 1 is 1.15 bits per heavy atom. The molecule has 0 saturated heterocycles. The van der Waals surface area contributed by atoms with E-state index in [-0.39, 0.29) is 34.5 Å². The van der Waals surface area contributed by atoms with Gasteiger partial charge in [-0.2, -0.15) is 9.78 Å². The van der Waals surface area contributed by atoms with E-state index >= 15 is 0 Å². The number of hydrogen-bond acceptors (Lipinski definition) is 5. The molecule has 0 unspecified atom stereocenters. The molecule has 1 amide bonds. The quantitative estimate of drug-likeness (QED) is 0.202. The normalized spacial score (nSPS) is 14.1. The van der Waals surface area contributed by atoms with Crippen LogP contribution in [0.2, 0.25) is 5.02 Å². The molecule has 1 aliphatic rings. The van der Waals surface area contributed by atoms with Crippen molar-refractivity contribution in [1.29, 1.82) is 0 Å². The maximum atomic E-state index is 13.8. The molecular formula is C29H24Br2ClFN4O3. The molecule has 0 spiro atoms. The zero-order chi connectivity index (χ0) is 28.2. The van der Waals surface area contributed by atoms with E-state index in [4.69, 9.17) is 21.3 Å². The number of amides is 1. The number of benzene rings is 3. The van der Waals surface area contributed by atoms with Crippen LogP contribution < -0.4 is 15.6 Å². The van der Waals surface area contributed by atoms with Crippen LogP contribution in [0.15, 0.2) is 73.4 Å². The fourth-order valence-electron chi connectivity index (χ4n) is 4.71. The fourth-order valence-corrected chi connectivity index (χ4v) is 6.06. The first kappa shape index (κ1) is 28.4. The molecule has 206 valence electrons. The molecule has 5 rings (SSSR count). The number of carbonyl (C=O) groups excluding carboxylic acids is 1. The van der Waals surface area contributed by atoms with Gasteiger partial charge in [0.05, 0.1) is 32.3 Å². The molecule has 40 heavy (non-hydrogen) atoms. The van der Waals surface area contributed by atoms with Crippen molar-refractivity contribution in [1.82, 2.24) is 9.66 Å². The highest BCUT2D eigenvalue weighted by molar-refractivity contribution is 9.10. The van der Waals surface area contributed by atoms with E-state index < -0.39 is 11.7 Å². The number of rotatable bonds is 7. The summed E-state index contributed by atoms with van der Waals surface area (Å²) in [6.07, 6.45) is 6.81. The molecule has 11 heteroatoms. The number of fused-ring (bicyclic) bond motifs is 1. The van der Waals surface area contributed by atoms with Crippen LogP contribution in [0.1, 0.15) is 49.4 Å². The molecule has 0 bridgehead atoms. The predicted octanol–water partition coefficient (Wildman–Crippen LogP) is 7.66. The number of ether oxygens (including phenoxy) is 1. The molecule has 4 aromatic rings. The maximum Gasteiger partial charge on any atom is 0.282 e.